The van der Waals surface area contributed by atoms with Crippen molar-refractivity contribution in [3.8, 4) is 11.5 Å². The van der Waals surface area contributed by atoms with E-state index in [2.05, 4.69) is 5.16 Å². The number of rotatable bonds is 3. The van der Waals surface area contributed by atoms with Crippen LogP contribution < -0.4 is 0 Å². The van der Waals surface area contributed by atoms with Crippen molar-refractivity contribution < 1.29 is 39.5 Å². The number of aromatic hydroxyl groups is 2. The van der Waals surface area contributed by atoms with Crippen molar-refractivity contribution in [2.45, 2.75) is 44.4 Å². The maximum absolute atomic E-state index is 12.8. The molecule has 2 aliphatic heterocycles. The Bertz CT molecular complexity index is 895. The number of oxime groups is 1. The summed E-state index contributed by atoms with van der Waals surface area (Å²) in [7, 11) is 0. The van der Waals surface area contributed by atoms with Gasteiger partial charge in [-0.25, -0.2) is 4.79 Å². The number of nitrogens with zero attached hydrogens (tertiary/aromatic N) is 1. The third-order valence-corrected chi connectivity index (χ3v) is 4.91. The molecule has 0 spiro atoms. The first-order chi connectivity index (χ1) is 14.3. The number of ether oxygens (including phenoxy) is 2. The van der Waals surface area contributed by atoms with Crippen LogP contribution in [-0.4, -0.2) is 63.3 Å². The second-order valence-electron chi connectivity index (χ2n) is 6.95. The highest BCUT2D eigenvalue weighted by molar-refractivity contribution is 6.33. The van der Waals surface area contributed by atoms with Gasteiger partial charge < -0.3 is 34.7 Å². The van der Waals surface area contributed by atoms with Gasteiger partial charge in [0.1, 0.15) is 29.3 Å². The van der Waals surface area contributed by atoms with E-state index in [9.17, 15) is 15.0 Å². The van der Waals surface area contributed by atoms with Gasteiger partial charge in [-0.1, -0.05) is 35.0 Å². The molecule has 2 aliphatic rings. The minimum atomic E-state index is -1.72. The van der Waals surface area contributed by atoms with Gasteiger partial charge in [0.2, 0.25) is 0 Å². The third-order valence-electron chi connectivity index (χ3n) is 4.48. The highest BCUT2D eigenvalue weighted by Crippen LogP contribution is 2.38. The zero-order valence-electron chi connectivity index (χ0n) is 16.1. The SMILES string of the molecule is CC1CC2OC2C=CC=CC(=NOCC(O)O)Cc2c(Cl)c(O)cc(O)c2C(=O)O1. The number of carbonyl (C=O) groups is 1. The molecule has 1 fully saturated rings. The first-order valence-corrected chi connectivity index (χ1v) is 9.63. The largest absolute Gasteiger partial charge is 0.507 e. The van der Waals surface area contributed by atoms with Gasteiger partial charge in [-0.15, -0.1) is 0 Å². The molecule has 0 aliphatic carbocycles. The number of epoxide rings is 1. The minimum absolute atomic E-state index is 0.0839. The van der Waals surface area contributed by atoms with Crippen LogP contribution in [0.4, 0.5) is 0 Å². The molecule has 4 N–H and O–H groups in total. The molecular weight excluding hydrogens is 418 g/mol. The summed E-state index contributed by atoms with van der Waals surface area (Å²) in [6.07, 6.45) is 4.81. The summed E-state index contributed by atoms with van der Waals surface area (Å²) < 4.78 is 11.0. The fraction of sp³-hybridized carbons (Fsp3) is 0.400. The Morgan fingerprint density at radius 2 is 2.07 bits per heavy atom. The molecule has 0 radical (unpaired) electrons. The molecule has 30 heavy (non-hydrogen) atoms. The van der Waals surface area contributed by atoms with Crippen LogP contribution in [0.3, 0.4) is 0 Å². The molecule has 3 unspecified atom stereocenters. The van der Waals surface area contributed by atoms with E-state index in [1.165, 1.54) is 0 Å². The molecule has 3 rings (SSSR count). The highest BCUT2D eigenvalue weighted by Gasteiger charge is 2.38. The maximum Gasteiger partial charge on any atom is 0.342 e. The number of aliphatic hydroxyl groups is 2. The molecule has 3 atom stereocenters. The number of carbonyl (C=O) groups excluding carboxylic acids is 1. The number of phenolic OH excluding ortho intramolecular Hbond substituents is 2. The average Bonchev–Trinajstić information content (AvgIpc) is 3.38. The van der Waals surface area contributed by atoms with E-state index in [0.717, 1.165) is 6.07 Å². The van der Waals surface area contributed by atoms with Gasteiger partial charge in [-0.05, 0) is 18.6 Å². The monoisotopic (exact) mass is 439 g/mol. The average molecular weight is 440 g/mol. The van der Waals surface area contributed by atoms with Gasteiger partial charge >= 0.3 is 5.97 Å². The molecule has 1 saturated heterocycles. The zero-order valence-corrected chi connectivity index (χ0v) is 16.8. The van der Waals surface area contributed by atoms with Gasteiger partial charge in [0, 0.05) is 18.9 Å². The summed E-state index contributed by atoms with van der Waals surface area (Å²) in [4.78, 5) is 17.7. The van der Waals surface area contributed by atoms with E-state index in [-0.39, 0.29) is 40.5 Å². The number of benzene rings is 1. The predicted molar refractivity (Wildman–Crippen MR) is 107 cm³/mol. The number of esters is 1. The van der Waals surface area contributed by atoms with Crippen molar-refractivity contribution in [1.82, 2.24) is 0 Å². The number of aliphatic hydroxyl groups excluding tert-OH is 1. The van der Waals surface area contributed by atoms with Crippen molar-refractivity contribution >= 4 is 23.3 Å². The Balaban J connectivity index is 2.02. The first-order valence-electron chi connectivity index (χ1n) is 9.25. The van der Waals surface area contributed by atoms with Crippen LogP contribution in [0, 0.1) is 0 Å². The molecule has 1 aromatic carbocycles. The lowest BCUT2D eigenvalue weighted by molar-refractivity contribution is -0.0940. The topological polar surface area (TPSA) is 141 Å². The second kappa shape index (κ2) is 9.48. The highest BCUT2D eigenvalue weighted by atomic mass is 35.5. The molecule has 1 aromatic rings. The minimum Gasteiger partial charge on any atom is -0.507 e. The first kappa shape index (κ1) is 22.1. The fourth-order valence-electron chi connectivity index (χ4n) is 3.04. The predicted octanol–water partition coefficient (Wildman–Crippen LogP) is 1.81. The molecule has 10 heteroatoms. The van der Waals surface area contributed by atoms with Gasteiger partial charge in [0.05, 0.1) is 16.8 Å². The normalized spacial score (nSPS) is 25.4. The molecule has 162 valence electrons. The van der Waals surface area contributed by atoms with Crippen LogP contribution in [0.25, 0.3) is 0 Å². The van der Waals surface area contributed by atoms with Crippen LogP contribution >= 0.6 is 11.6 Å². The van der Waals surface area contributed by atoms with Crippen LogP contribution in [0.1, 0.15) is 29.3 Å². The number of halogens is 1. The number of cyclic esters (lactones) is 1. The lowest BCUT2D eigenvalue weighted by atomic mass is 9.99. The number of hydrogen-bond donors (Lipinski definition) is 4. The van der Waals surface area contributed by atoms with Gasteiger partial charge in [-0.3, -0.25) is 0 Å². The Morgan fingerprint density at radius 3 is 2.80 bits per heavy atom. The smallest absolute Gasteiger partial charge is 0.342 e. The lowest BCUT2D eigenvalue weighted by Crippen LogP contribution is -2.20. The quantitative estimate of drug-likeness (QED) is 0.242. The van der Waals surface area contributed by atoms with Crippen molar-refractivity contribution in [1.29, 1.82) is 0 Å². The van der Waals surface area contributed by atoms with Crippen molar-refractivity contribution in [3.05, 3.63) is 46.5 Å². The molecule has 2 heterocycles. The molecule has 0 aromatic heterocycles. The zero-order chi connectivity index (χ0) is 21.8. The Labute approximate surface area is 177 Å². The van der Waals surface area contributed by atoms with Gasteiger partial charge in [0.15, 0.2) is 12.9 Å². The summed E-state index contributed by atoms with van der Waals surface area (Å²) >= 11 is 6.21. The van der Waals surface area contributed by atoms with Crippen LogP contribution in [-0.2, 0) is 20.7 Å². The molecular formula is C20H22ClNO8. The number of phenols is 2. The standard InChI is InChI=1S/C20H22ClNO8/c1-10-6-16-15(30-16)5-3-2-4-11(22-28-9-17(25)26)7-12-18(20(27)29-10)13(23)8-14(24)19(12)21/h2-5,8,10,15-17,23-26H,6-7,9H2,1H3. The van der Waals surface area contributed by atoms with E-state index >= 15 is 0 Å². The lowest BCUT2D eigenvalue weighted by Gasteiger charge is -2.17. The van der Waals surface area contributed by atoms with E-state index < -0.39 is 36.5 Å². The number of hydrogen-bond acceptors (Lipinski definition) is 9. The third kappa shape index (κ3) is 5.51. The Morgan fingerprint density at radius 1 is 1.30 bits per heavy atom. The van der Waals surface area contributed by atoms with Crippen LogP contribution in [0.15, 0.2) is 35.5 Å². The molecule has 0 bridgehead atoms. The van der Waals surface area contributed by atoms with E-state index in [1.54, 1.807) is 25.2 Å². The van der Waals surface area contributed by atoms with Gasteiger partial charge in [0.25, 0.3) is 0 Å². The summed E-state index contributed by atoms with van der Waals surface area (Å²) in [5.74, 6) is -1.72. The van der Waals surface area contributed by atoms with Crippen molar-refractivity contribution in [3.63, 3.8) is 0 Å². The Hall–Kier alpha value is -2.59. The number of allylic oxidation sites excluding steroid dienone is 3. The second-order valence-corrected chi connectivity index (χ2v) is 7.33. The summed E-state index contributed by atoms with van der Waals surface area (Å²) in [5, 5.41) is 41.9. The van der Waals surface area contributed by atoms with Crippen molar-refractivity contribution in [2.24, 2.45) is 5.16 Å². The van der Waals surface area contributed by atoms with E-state index in [1.807, 2.05) is 6.08 Å². The summed E-state index contributed by atoms with van der Waals surface area (Å²) in [6, 6.07) is 0.963. The maximum atomic E-state index is 12.8. The molecule has 0 saturated carbocycles. The van der Waals surface area contributed by atoms with E-state index in [0.29, 0.717) is 6.42 Å². The van der Waals surface area contributed by atoms with Crippen LogP contribution in [0.2, 0.25) is 5.02 Å². The summed E-state index contributed by atoms with van der Waals surface area (Å²) in [5.41, 5.74) is 0.123. The van der Waals surface area contributed by atoms with Gasteiger partial charge in [-0.2, -0.15) is 0 Å². The van der Waals surface area contributed by atoms with Crippen LogP contribution in [0.5, 0.6) is 11.5 Å². The summed E-state index contributed by atoms with van der Waals surface area (Å²) in [6.45, 7) is 1.24. The van der Waals surface area contributed by atoms with E-state index in [4.69, 9.17) is 36.1 Å². The Kier molecular flexibility index (Phi) is 6.99. The number of fused-ring (bicyclic) bond motifs is 2. The molecule has 0 amide bonds. The molecule has 9 nitrogen and oxygen atoms in total. The van der Waals surface area contributed by atoms with Crippen molar-refractivity contribution in [2.75, 3.05) is 6.61 Å². The fourth-order valence-corrected chi connectivity index (χ4v) is 3.26.